The van der Waals surface area contributed by atoms with E-state index in [-0.39, 0.29) is 24.6 Å². The van der Waals surface area contributed by atoms with E-state index in [2.05, 4.69) is 11.4 Å². The summed E-state index contributed by atoms with van der Waals surface area (Å²) in [6.07, 6.45) is 4.16. The predicted octanol–water partition coefficient (Wildman–Crippen LogP) is 2.32. The molecule has 1 aromatic carbocycles. The number of carbonyl (C=O) groups is 1. The van der Waals surface area contributed by atoms with E-state index in [1.54, 1.807) is 0 Å². The van der Waals surface area contributed by atoms with Crippen LogP contribution in [0.2, 0.25) is 0 Å². The standard InChI is InChI=1S/C16H24N2O2/c1-3-11(2)18-16(19)10-20-13-8-7-12-5-4-6-15(17)14(12)9-13/h7-9,11,15H,3-6,10,17H2,1-2H3,(H,18,19)/t11?,15-/m0/s1. The molecule has 0 aliphatic heterocycles. The molecule has 1 unspecified atom stereocenters. The Morgan fingerprint density at radius 1 is 1.55 bits per heavy atom. The maximum atomic E-state index is 11.7. The number of rotatable bonds is 5. The molecule has 2 rings (SSSR count). The first-order valence-corrected chi connectivity index (χ1v) is 7.40. The topological polar surface area (TPSA) is 64.3 Å². The minimum absolute atomic E-state index is 0.0539. The Morgan fingerprint density at radius 3 is 3.10 bits per heavy atom. The van der Waals surface area contributed by atoms with E-state index in [4.69, 9.17) is 10.5 Å². The third kappa shape index (κ3) is 3.73. The molecular formula is C16H24N2O2. The lowest BCUT2D eigenvalue weighted by Gasteiger charge is -2.22. The number of benzene rings is 1. The molecule has 3 N–H and O–H groups in total. The van der Waals surface area contributed by atoms with Crippen LogP contribution in [-0.2, 0) is 11.2 Å². The Kier molecular flexibility index (Phi) is 5.01. The second-order valence-electron chi connectivity index (χ2n) is 5.52. The van der Waals surface area contributed by atoms with E-state index < -0.39 is 0 Å². The van der Waals surface area contributed by atoms with Gasteiger partial charge in [-0.2, -0.15) is 0 Å². The van der Waals surface area contributed by atoms with Gasteiger partial charge in [-0.15, -0.1) is 0 Å². The summed E-state index contributed by atoms with van der Waals surface area (Å²) in [7, 11) is 0. The number of nitrogens with one attached hydrogen (secondary N) is 1. The molecule has 0 spiro atoms. The third-order valence-electron chi connectivity index (χ3n) is 3.87. The fourth-order valence-electron chi connectivity index (χ4n) is 2.47. The summed E-state index contributed by atoms with van der Waals surface area (Å²) in [6, 6.07) is 6.25. The van der Waals surface area contributed by atoms with E-state index in [1.807, 2.05) is 26.0 Å². The largest absolute Gasteiger partial charge is 0.484 e. The van der Waals surface area contributed by atoms with Gasteiger partial charge >= 0.3 is 0 Å². The lowest BCUT2D eigenvalue weighted by atomic mass is 9.88. The van der Waals surface area contributed by atoms with E-state index in [1.165, 1.54) is 5.56 Å². The molecule has 1 aliphatic carbocycles. The quantitative estimate of drug-likeness (QED) is 0.867. The van der Waals surface area contributed by atoms with Gasteiger partial charge in [-0.3, -0.25) is 4.79 Å². The highest BCUT2D eigenvalue weighted by Gasteiger charge is 2.17. The maximum Gasteiger partial charge on any atom is 0.258 e. The zero-order valence-electron chi connectivity index (χ0n) is 12.3. The molecule has 0 bridgehead atoms. The molecule has 1 aliphatic rings. The number of hydrogen-bond donors (Lipinski definition) is 2. The third-order valence-corrected chi connectivity index (χ3v) is 3.87. The lowest BCUT2D eigenvalue weighted by molar-refractivity contribution is -0.123. The highest BCUT2D eigenvalue weighted by molar-refractivity contribution is 5.77. The van der Waals surface area contributed by atoms with Crippen LogP contribution >= 0.6 is 0 Å². The van der Waals surface area contributed by atoms with E-state index in [0.717, 1.165) is 37.0 Å². The van der Waals surface area contributed by atoms with Crippen molar-refractivity contribution < 1.29 is 9.53 Å². The number of nitrogens with two attached hydrogens (primary N) is 1. The number of fused-ring (bicyclic) bond motifs is 1. The Balaban J connectivity index is 1.94. The molecule has 0 saturated heterocycles. The average Bonchev–Trinajstić information content (AvgIpc) is 2.45. The van der Waals surface area contributed by atoms with Gasteiger partial charge in [0.25, 0.3) is 5.91 Å². The zero-order valence-corrected chi connectivity index (χ0v) is 12.3. The first-order valence-electron chi connectivity index (χ1n) is 7.40. The molecule has 1 amide bonds. The van der Waals surface area contributed by atoms with Crippen LogP contribution in [0.15, 0.2) is 18.2 Å². The Morgan fingerprint density at radius 2 is 2.35 bits per heavy atom. The maximum absolute atomic E-state index is 11.7. The highest BCUT2D eigenvalue weighted by Crippen LogP contribution is 2.30. The van der Waals surface area contributed by atoms with Crippen molar-refractivity contribution in [2.24, 2.45) is 5.73 Å². The summed E-state index contributed by atoms with van der Waals surface area (Å²) in [5, 5.41) is 2.88. The summed E-state index contributed by atoms with van der Waals surface area (Å²) in [6.45, 7) is 4.07. The highest BCUT2D eigenvalue weighted by atomic mass is 16.5. The van der Waals surface area contributed by atoms with Crippen LogP contribution in [0.3, 0.4) is 0 Å². The van der Waals surface area contributed by atoms with Crippen molar-refractivity contribution in [2.75, 3.05) is 6.61 Å². The summed E-state index contributed by atoms with van der Waals surface area (Å²) in [5.74, 6) is 0.641. The molecule has 0 saturated carbocycles. The number of carbonyl (C=O) groups excluding carboxylic acids is 1. The number of ether oxygens (including phenoxy) is 1. The van der Waals surface area contributed by atoms with Crippen LogP contribution in [0.25, 0.3) is 0 Å². The van der Waals surface area contributed by atoms with Gasteiger partial charge in [0.05, 0.1) is 0 Å². The second kappa shape index (κ2) is 6.75. The Hall–Kier alpha value is -1.55. The number of hydrogen-bond acceptors (Lipinski definition) is 3. The van der Waals surface area contributed by atoms with Crippen LogP contribution in [0, 0.1) is 0 Å². The average molecular weight is 276 g/mol. The van der Waals surface area contributed by atoms with Crippen molar-refractivity contribution in [3.8, 4) is 5.75 Å². The van der Waals surface area contributed by atoms with Crippen LogP contribution < -0.4 is 15.8 Å². The van der Waals surface area contributed by atoms with Crippen molar-refractivity contribution in [3.05, 3.63) is 29.3 Å². The zero-order chi connectivity index (χ0) is 14.5. The molecule has 2 atom stereocenters. The summed E-state index contributed by atoms with van der Waals surface area (Å²) >= 11 is 0. The molecule has 110 valence electrons. The van der Waals surface area contributed by atoms with E-state index in [9.17, 15) is 4.79 Å². The summed E-state index contributed by atoms with van der Waals surface area (Å²) in [5.41, 5.74) is 8.59. The van der Waals surface area contributed by atoms with Crippen molar-refractivity contribution >= 4 is 5.91 Å². The minimum Gasteiger partial charge on any atom is -0.484 e. The second-order valence-corrected chi connectivity index (χ2v) is 5.52. The molecule has 0 heterocycles. The molecular weight excluding hydrogens is 252 g/mol. The first-order chi connectivity index (χ1) is 9.60. The lowest BCUT2D eigenvalue weighted by Crippen LogP contribution is -2.35. The van der Waals surface area contributed by atoms with Gasteiger partial charge in [0.15, 0.2) is 6.61 Å². The molecule has 4 nitrogen and oxygen atoms in total. The normalized spacial score (nSPS) is 19.1. The van der Waals surface area contributed by atoms with Crippen molar-refractivity contribution in [1.29, 1.82) is 0 Å². The van der Waals surface area contributed by atoms with Crippen molar-refractivity contribution in [2.45, 2.75) is 51.6 Å². The van der Waals surface area contributed by atoms with Crippen molar-refractivity contribution in [1.82, 2.24) is 5.32 Å². The van der Waals surface area contributed by atoms with Crippen LogP contribution in [-0.4, -0.2) is 18.6 Å². The van der Waals surface area contributed by atoms with E-state index in [0.29, 0.717) is 0 Å². The van der Waals surface area contributed by atoms with Gasteiger partial charge in [0, 0.05) is 12.1 Å². The van der Waals surface area contributed by atoms with Crippen molar-refractivity contribution in [3.63, 3.8) is 0 Å². The van der Waals surface area contributed by atoms with Gasteiger partial charge in [-0.05, 0) is 55.9 Å². The summed E-state index contributed by atoms with van der Waals surface area (Å²) in [4.78, 5) is 11.7. The molecule has 1 aromatic rings. The van der Waals surface area contributed by atoms with Gasteiger partial charge < -0.3 is 15.8 Å². The fourth-order valence-corrected chi connectivity index (χ4v) is 2.47. The molecule has 20 heavy (non-hydrogen) atoms. The fraction of sp³-hybridized carbons (Fsp3) is 0.562. The SMILES string of the molecule is CCC(C)NC(=O)COc1ccc2c(c1)[C@@H](N)CCC2. The van der Waals surface area contributed by atoms with Gasteiger partial charge in [-0.1, -0.05) is 13.0 Å². The Labute approximate surface area is 120 Å². The Bertz CT molecular complexity index is 474. The van der Waals surface area contributed by atoms with Crippen LogP contribution in [0.5, 0.6) is 5.75 Å². The van der Waals surface area contributed by atoms with Gasteiger partial charge in [0.1, 0.15) is 5.75 Å². The number of amides is 1. The predicted molar refractivity (Wildman–Crippen MR) is 79.7 cm³/mol. The monoisotopic (exact) mass is 276 g/mol. The first kappa shape index (κ1) is 14.9. The van der Waals surface area contributed by atoms with Gasteiger partial charge in [0.2, 0.25) is 0 Å². The molecule has 0 radical (unpaired) electrons. The van der Waals surface area contributed by atoms with E-state index >= 15 is 0 Å². The molecule has 4 heteroatoms. The minimum atomic E-state index is -0.0821. The molecule has 0 aromatic heterocycles. The van der Waals surface area contributed by atoms with Crippen LogP contribution in [0.1, 0.15) is 50.3 Å². The number of aryl methyl sites for hydroxylation is 1. The van der Waals surface area contributed by atoms with Gasteiger partial charge in [-0.25, -0.2) is 0 Å². The van der Waals surface area contributed by atoms with Crippen LogP contribution in [0.4, 0.5) is 0 Å². The summed E-state index contributed by atoms with van der Waals surface area (Å²) < 4.78 is 5.56. The molecule has 0 fully saturated rings. The smallest absolute Gasteiger partial charge is 0.258 e.